The van der Waals surface area contributed by atoms with Crippen LogP contribution in [0.3, 0.4) is 0 Å². The number of halogens is 3. The van der Waals surface area contributed by atoms with Crippen molar-refractivity contribution in [3.05, 3.63) is 62.7 Å². The zero-order valence-corrected chi connectivity index (χ0v) is 12.0. The predicted molar refractivity (Wildman–Crippen MR) is 77.6 cm³/mol. The Balaban J connectivity index is 2.19. The van der Waals surface area contributed by atoms with Gasteiger partial charge in [0, 0.05) is 21.4 Å². The third-order valence-electron chi connectivity index (χ3n) is 2.72. The molecule has 0 atom stereocenters. The van der Waals surface area contributed by atoms with E-state index >= 15 is 0 Å². The van der Waals surface area contributed by atoms with E-state index in [4.69, 9.17) is 0 Å². The molecule has 0 radical (unpaired) electrons. The maximum Gasteiger partial charge on any atom is 0.131 e. The zero-order chi connectivity index (χ0) is 13.1. The summed E-state index contributed by atoms with van der Waals surface area (Å²) >= 11 is 2.20. The fourth-order valence-electron chi connectivity index (χ4n) is 1.67. The Hall–Kier alpha value is -1.17. The Morgan fingerprint density at radius 1 is 1.11 bits per heavy atom. The van der Waals surface area contributed by atoms with Crippen LogP contribution in [0, 0.1) is 22.1 Å². The van der Waals surface area contributed by atoms with Crippen molar-refractivity contribution in [1.29, 1.82) is 0 Å². The van der Waals surface area contributed by atoms with Crippen molar-refractivity contribution in [2.45, 2.75) is 13.5 Å². The summed E-state index contributed by atoms with van der Waals surface area (Å²) in [6.07, 6.45) is 0. The van der Waals surface area contributed by atoms with Gasteiger partial charge >= 0.3 is 0 Å². The number of hydrogen-bond donors (Lipinski definition) is 1. The van der Waals surface area contributed by atoms with E-state index in [0.717, 1.165) is 14.8 Å². The van der Waals surface area contributed by atoms with Crippen molar-refractivity contribution in [3.8, 4) is 0 Å². The molecule has 0 aliphatic rings. The maximum absolute atomic E-state index is 13.5. The van der Waals surface area contributed by atoms with Crippen molar-refractivity contribution in [2.75, 3.05) is 5.32 Å². The molecular formula is C14H12F2IN. The molecule has 0 saturated carbocycles. The number of hydrogen-bond acceptors (Lipinski definition) is 1. The minimum Gasteiger partial charge on any atom is -0.381 e. The highest BCUT2D eigenvalue weighted by Crippen LogP contribution is 2.20. The molecule has 1 N–H and O–H groups in total. The molecule has 4 heteroatoms. The smallest absolute Gasteiger partial charge is 0.131 e. The highest BCUT2D eigenvalue weighted by atomic mass is 127. The van der Waals surface area contributed by atoms with Crippen LogP contribution in [0.15, 0.2) is 36.4 Å². The third-order valence-corrected chi connectivity index (χ3v) is 3.39. The molecule has 2 rings (SSSR count). The van der Waals surface area contributed by atoms with E-state index in [-0.39, 0.29) is 12.1 Å². The highest BCUT2D eigenvalue weighted by Gasteiger charge is 2.08. The Labute approximate surface area is 118 Å². The first-order valence-corrected chi connectivity index (χ1v) is 6.58. The van der Waals surface area contributed by atoms with E-state index in [1.807, 2.05) is 25.1 Å². The molecule has 1 nitrogen and oxygen atoms in total. The lowest BCUT2D eigenvalue weighted by molar-refractivity contribution is 0.560. The standard InChI is InChI=1S/C14H12F2IN/c1-9-5-6-10(17)7-14(9)18-8-11-12(15)3-2-4-13(11)16/h2-7,18H,8H2,1H3. The van der Waals surface area contributed by atoms with Gasteiger partial charge in [0.1, 0.15) is 11.6 Å². The summed E-state index contributed by atoms with van der Waals surface area (Å²) in [6.45, 7) is 2.09. The predicted octanol–water partition coefficient (Wildman–Crippen LogP) is 4.49. The molecule has 0 bridgehead atoms. The van der Waals surface area contributed by atoms with Gasteiger partial charge in [-0.15, -0.1) is 0 Å². The Morgan fingerprint density at radius 2 is 1.78 bits per heavy atom. The fraction of sp³-hybridized carbons (Fsp3) is 0.143. The topological polar surface area (TPSA) is 12.0 Å². The minimum atomic E-state index is -0.522. The molecule has 0 amide bonds. The summed E-state index contributed by atoms with van der Waals surface area (Å²) in [5, 5.41) is 3.07. The number of benzene rings is 2. The van der Waals surface area contributed by atoms with Gasteiger partial charge in [0.15, 0.2) is 0 Å². The van der Waals surface area contributed by atoms with Crippen LogP contribution in [0.5, 0.6) is 0 Å². The normalized spacial score (nSPS) is 10.4. The van der Waals surface area contributed by atoms with Gasteiger partial charge in [-0.25, -0.2) is 8.78 Å². The molecule has 0 fully saturated rings. The largest absolute Gasteiger partial charge is 0.381 e. The average Bonchev–Trinajstić information content (AvgIpc) is 2.33. The van der Waals surface area contributed by atoms with Gasteiger partial charge in [-0.05, 0) is 59.3 Å². The van der Waals surface area contributed by atoms with E-state index in [1.165, 1.54) is 18.2 Å². The molecule has 0 aliphatic carbocycles. The van der Waals surface area contributed by atoms with Crippen molar-refractivity contribution in [3.63, 3.8) is 0 Å². The minimum absolute atomic E-state index is 0.0655. The first-order chi connectivity index (χ1) is 8.58. The van der Waals surface area contributed by atoms with E-state index < -0.39 is 11.6 Å². The molecule has 0 aromatic heterocycles. The van der Waals surface area contributed by atoms with E-state index in [0.29, 0.717) is 0 Å². The van der Waals surface area contributed by atoms with Crippen molar-refractivity contribution >= 4 is 28.3 Å². The summed E-state index contributed by atoms with van der Waals surface area (Å²) in [6, 6.07) is 9.81. The molecule has 0 unspecified atom stereocenters. The first-order valence-electron chi connectivity index (χ1n) is 5.51. The van der Waals surface area contributed by atoms with E-state index in [1.54, 1.807) is 0 Å². The van der Waals surface area contributed by atoms with Gasteiger partial charge in [0.05, 0.1) is 0 Å². The van der Waals surface area contributed by atoms with E-state index in [2.05, 4.69) is 27.9 Å². The molecular weight excluding hydrogens is 347 g/mol. The molecule has 0 heterocycles. The van der Waals surface area contributed by atoms with Crippen LogP contribution in [0.25, 0.3) is 0 Å². The molecule has 2 aromatic rings. The second-order valence-corrected chi connectivity index (χ2v) is 5.26. The van der Waals surface area contributed by atoms with Crippen molar-refractivity contribution < 1.29 is 8.78 Å². The van der Waals surface area contributed by atoms with Crippen molar-refractivity contribution in [1.82, 2.24) is 0 Å². The maximum atomic E-state index is 13.5. The second kappa shape index (κ2) is 5.65. The summed E-state index contributed by atoms with van der Waals surface area (Å²) < 4.78 is 28.0. The van der Waals surface area contributed by atoms with Gasteiger partial charge in [-0.1, -0.05) is 12.1 Å². The average molecular weight is 359 g/mol. The Kier molecular flexibility index (Phi) is 4.16. The molecule has 0 saturated heterocycles. The first kappa shape index (κ1) is 13.3. The van der Waals surface area contributed by atoms with Gasteiger partial charge in [0.25, 0.3) is 0 Å². The van der Waals surface area contributed by atoms with Crippen LogP contribution in [-0.4, -0.2) is 0 Å². The Morgan fingerprint density at radius 3 is 2.44 bits per heavy atom. The monoisotopic (exact) mass is 359 g/mol. The van der Waals surface area contributed by atoms with Crippen molar-refractivity contribution in [2.24, 2.45) is 0 Å². The van der Waals surface area contributed by atoms with Gasteiger partial charge in [-0.3, -0.25) is 0 Å². The summed E-state index contributed by atoms with van der Waals surface area (Å²) in [7, 11) is 0. The summed E-state index contributed by atoms with van der Waals surface area (Å²) in [4.78, 5) is 0. The molecule has 0 spiro atoms. The SMILES string of the molecule is Cc1ccc(I)cc1NCc1c(F)cccc1F. The number of rotatable bonds is 3. The number of aryl methyl sites for hydroxylation is 1. The van der Waals surface area contributed by atoms with Crippen LogP contribution in [0.2, 0.25) is 0 Å². The lowest BCUT2D eigenvalue weighted by Crippen LogP contribution is -2.05. The quantitative estimate of drug-likeness (QED) is 0.797. The molecule has 18 heavy (non-hydrogen) atoms. The second-order valence-electron chi connectivity index (χ2n) is 4.01. The fourth-order valence-corrected chi connectivity index (χ4v) is 2.16. The van der Waals surface area contributed by atoms with Crippen LogP contribution in [-0.2, 0) is 6.54 Å². The van der Waals surface area contributed by atoms with Crippen LogP contribution >= 0.6 is 22.6 Å². The van der Waals surface area contributed by atoms with E-state index in [9.17, 15) is 8.78 Å². The summed E-state index contributed by atoms with van der Waals surface area (Å²) in [5.41, 5.74) is 2.01. The lowest BCUT2D eigenvalue weighted by Gasteiger charge is -2.11. The van der Waals surface area contributed by atoms with Gasteiger partial charge in [0.2, 0.25) is 0 Å². The number of anilines is 1. The molecule has 94 valence electrons. The van der Waals surface area contributed by atoms with Gasteiger partial charge in [-0.2, -0.15) is 0 Å². The summed E-state index contributed by atoms with van der Waals surface area (Å²) in [5.74, 6) is -1.04. The third kappa shape index (κ3) is 2.98. The van der Waals surface area contributed by atoms with Crippen LogP contribution in [0.4, 0.5) is 14.5 Å². The van der Waals surface area contributed by atoms with Crippen LogP contribution in [0.1, 0.15) is 11.1 Å². The highest BCUT2D eigenvalue weighted by molar-refractivity contribution is 14.1. The molecule has 0 aliphatic heterocycles. The number of nitrogens with one attached hydrogen (secondary N) is 1. The van der Waals surface area contributed by atoms with Crippen LogP contribution < -0.4 is 5.32 Å². The Bertz CT molecular complexity index is 549. The zero-order valence-electron chi connectivity index (χ0n) is 9.81. The van der Waals surface area contributed by atoms with Gasteiger partial charge < -0.3 is 5.32 Å². The lowest BCUT2D eigenvalue weighted by atomic mass is 10.1. The molecule has 2 aromatic carbocycles.